The number of rotatable bonds is 2. The molecule has 2 rings (SSSR count). The average Bonchev–Trinajstić information content (AvgIpc) is 2.53. The molecule has 0 fully saturated rings. The summed E-state index contributed by atoms with van der Waals surface area (Å²) in [5, 5.41) is 5.13. The van der Waals surface area contributed by atoms with Gasteiger partial charge in [-0.05, 0) is 0 Å². The normalized spacial score (nSPS) is 10.6. The first kappa shape index (κ1) is 11.3. The molecule has 2 nitrogen and oxygen atoms in total. The van der Waals surface area contributed by atoms with Crippen molar-refractivity contribution in [3.8, 4) is 0 Å². The summed E-state index contributed by atoms with van der Waals surface area (Å²) in [5.74, 6) is 0. The number of aromatic nitrogens is 2. The van der Waals surface area contributed by atoms with Gasteiger partial charge in [-0.3, -0.25) is 0 Å². The average molecular weight is 345 g/mol. The van der Waals surface area contributed by atoms with Gasteiger partial charge in [-0.25, -0.2) is 0 Å². The molecule has 0 aliphatic heterocycles. The van der Waals surface area contributed by atoms with Gasteiger partial charge < -0.3 is 0 Å². The standard InChI is InChI=1S/C10H11As2ClN2/c11-9-5-14-15(10(9)12)6-7-1-3-8(13)4-2-7/h1-5H,6,11-12H2. The molecule has 0 aliphatic carbocycles. The van der Waals surface area contributed by atoms with E-state index in [0.29, 0.717) is 0 Å². The van der Waals surface area contributed by atoms with E-state index in [2.05, 4.69) is 5.10 Å². The van der Waals surface area contributed by atoms with Crippen LogP contribution in [-0.2, 0) is 6.54 Å². The maximum atomic E-state index is 5.83. The predicted octanol–water partition coefficient (Wildman–Crippen LogP) is -0.898. The second-order valence-corrected chi connectivity index (χ2v) is 6.16. The van der Waals surface area contributed by atoms with Crippen LogP contribution < -0.4 is 8.83 Å². The second-order valence-electron chi connectivity index (χ2n) is 3.27. The summed E-state index contributed by atoms with van der Waals surface area (Å²) >= 11 is 9.09. The molecule has 0 saturated carbocycles. The molecular formula is C10H11As2ClN2. The molecule has 0 amide bonds. The van der Waals surface area contributed by atoms with E-state index < -0.39 is 0 Å². The molecule has 0 bridgehead atoms. The van der Waals surface area contributed by atoms with E-state index in [9.17, 15) is 0 Å². The molecule has 15 heavy (non-hydrogen) atoms. The fourth-order valence-electron chi connectivity index (χ4n) is 1.30. The van der Waals surface area contributed by atoms with E-state index >= 15 is 0 Å². The van der Waals surface area contributed by atoms with E-state index in [0.717, 1.165) is 11.6 Å². The molecule has 0 spiro atoms. The first-order chi connectivity index (χ1) is 7.16. The topological polar surface area (TPSA) is 17.8 Å². The summed E-state index contributed by atoms with van der Waals surface area (Å²) in [6.07, 6.45) is 1.94. The van der Waals surface area contributed by atoms with Crippen molar-refractivity contribution in [3.63, 3.8) is 0 Å². The third-order valence-electron chi connectivity index (χ3n) is 2.16. The van der Waals surface area contributed by atoms with E-state index in [1.807, 2.05) is 35.1 Å². The molecule has 0 N–H and O–H groups in total. The Labute approximate surface area is 111 Å². The van der Waals surface area contributed by atoms with Crippen LogP contribution >= 0.6 is 11.6 Å². The Hall–Kier alpha value is -0.163. The molecule has 1 heterocycles. The van der Waals surface area contributed by atoms with Gasteiger partial charge in [-0.15, -0.1) is 0 Å². The third-order valence-corrected chi connectivity index (χ3v) is 6.13. The number of halogens is 1. The molecule has 78 valence electrons. The van der Waals surface area contributed by atoms with Crippen LogP contribution in [0, 0.1) is 0 Å². The first-order valence-corrected chi connectivity index (χ1v) is 7.28. The molecule has 1 aromatic carbocycles. The van der Waals surface area contributed by atoms with Crippen molar-refractivity contribution < 1.29 is 0 Å². The fourth-order valence-corrected chi connectivity index (χ4v) is 2.36. The van der Waals surface area contributed by atoms with Crippen molar-refractivity contribution in [1.29, 1.82) is 0 Å². The van der Waals surface area contributed by atoms with Crippen molar-refractivity contribution >= 4 is 54.1 Å². The van der Waals surface area contributed by atoms with Gasteiger partial charge in [0.1, 0.15) is 0 Å². The number of hydrogen-bond acceptors (Lipinski definition) is 1. The Morgan fingerprint density at radius 3 is 2.40 bits per heavy atom. The fraction of sp³-hybridized carbons (Fsp3) is 0.100. The number of benzene rings is 1. The summed E-state index contributed by atoms with van der Waals surface area (Å²) in [6, 6.07) is 7.91. The van der Waals surface area contributed by atoms with Crippen LogP contribution in [0.2, 0.25) is 5.02 Å². The summed E-state index contributed by atoms with van der Waals surface area (Å²) in [7, 11) is 0. The maximum absolute atomic E-state index is 5.83. The van der Waals surface area contributed by atoms with E-state index in [-0.39, 0.29) is 0 Å². The number of nitrogens with zero attached hydrogens (tertiary/aromatic N) is 2. The van der Waals surface area contributed by atoms with Crippen LogP contribution in [0.25, 0.3) is 0 Å². The van der Waals surface area contributed by atoms with Gasteiger partial charge in [0.15, 0.2) is 0 Å². The zero-order valence-corrected chi connectivity index (χ0v) is 13.6. The predicted molar refractivity (Wildman–Crippen MR) is 69.1 cm³/mol. The van der Waals surface area contributed by atoms with E-state index in [1.54, 1.807) is 33.7 Å². The molecular weight excluding hydrogens is 333 g/mol. The van der Waals surface area contributed by atoms with Crippen LogP contribution in [0.1, 0.15) is 5.56 Å². The Balaban J connectivity index is 2.22. The van der Waals surface area contributed by atoms with Crippen molar-refractivity contribution in [2.45, 2.75) is 6.54 Å². The molecule has 0 radical (unpaired) electrons. The Morgan fingerprint density at radius 2 is 1.87 bits per heavy atom. The zero-order valence-electron chi connectivity index (χ0n) is 8.02. The molecule has 0 aliphatic rings. The first-order valence-electron chi connectivity index (χ1n) is 4.48. The molecule has 1 aromatic heterocycles. The monoisotopic (exact) mass is 344 g/mol. The van der Waals surface area contributed by atoms with Gasteiger partial charge in [0.25, 0.3) is 0 Å². The van der Waals surface area contributed by atoms with Crippen LogP contribution in [0.3, 0.4) is 0 Å². The van der Waals surface area contributed by atoms with Crippen molar-refractivity contribution in [3.05, 3.63) is 41.0 Å². The molecule has 2 aromatic rings. The minimum absolute atomic E-state index is 0.777. The molecule has 5 heteroatoms. The van der Waals surface area contributed by atoms with Gasteiger partial charge in [-0.2, -0.15) is 0 Å². The van der Waals surface area contributed by atoms with Gasteiger partial charge in [0.05, 0.1) is 0 Å². The van der Waals surface area contributed by atoms with Crippen LogP contribution in [-0.4, -0.2) is 43.5 Å². The Morgan fingerprint density at radius 1 is 1.20 bits per heavy atom. The van der Waals surface area contributed by atoms with Crippen LogP contribution in [0.15, 0.2) is 30.5 Å². The minimum atomic E-state index is 0.777. The van der Waals surface area contributed by atoms with Gasteiger partial charge in [0.2, 0.25) is 0 Å². The third kappa shape index (κ3) is 2.69. The molecule has 2 unspecified atom stereocenters. The van der Waals surface area contributed by atoms with Gasteiger partial charge in [-0.1, -0.05) is 0 Å². The molecule has 0 saturated heterocycles. The van der Waals surface area contributed by atoms with Crippen LogP contribution in [0.4, 0.5) is 0 Å². The van der Waals surface area contributed by atoms with Gasteiger partial charge in [0, 0.05) is 0 Å². The Bertz CT molecular complexity index is 465. The number of hydrogen-bond donors (Lipinski definition) is 0. The van der Waals surface area contributed by atoms with E-state index in [4.69, 9.17) is 11.6 Å². The quantitative estimate of drug-likeness (QED) is 0.646. The second kappa shape index (κ2) is 4.78. The molecule has 2 atom stereocenters. The van der Waals surface area contributed by atoms with Gasteiger partial charge >= 0.3 is 112 Å². The SMILES string of the molecule is Clc1ccc(Cn2ncc([AsH2])c2[AsH2])cc1. The van der Waals surface area contributed by atoms with Crippen molar-refractivity contribution in [2.75, 3.05) is 0 Å². The summed E-state index contributed by atoms with van der Waals surface area (Å²) in [6.45, 7) is 0.828. The summed E-state index contributed by atoms with van der Waals surface area (Å²) in [4.78, 5) is 0. The summed E-state index contributed by atoms with van der Waals surface area (Å²) in [5.41, 5.74) is 1.23. The summed E-state index contributed by atoms with van der Waals surface area (Å²) < 4.78 is 4.66. The van der Waals surface area contributed by atoms with Crippen LogP contribution in [0.5, 0.6) is 0 Å². The van der Waals surface area contributed by atoms with Crippen molar-refractivity contribution in [2.24, 2.45) is 0 Å². The van der Waals surface area contributed by atoms with Crippen molar-refractivity contribution in [1.82, 2.24) is 9.78 Å². The zero-order chi connectivity index (χ0) is 10.8. The van der Waals surface area contributed by atoms with E-state index in [1.165, 1.54) is 14.4 Å². The Kier molecular flexibility index (Phi) is 3.61.